The molecule has 0 radical (unpaired) electrons. The van der Waals surface area contributed by atoms with Crippen LogP contribution in [0.15, 0.2) is 40.9 Å². The normalized spacial score (nSPS) is 10.2. The van der Waals surface area contributed by atoms with Gasteiger partial charge in [0.05, 0.1) is 14.2 Å². The van der Waals surface area contributed by atoms with E-state index in [0.717, 1.165) is 28.2 Å². The van der Waals surface area contributed by atoms with Crippen LogP contribution in [0.4, 0.5) is 5.69 Å². The van der Waals surface area contributed by atoms with E-state index in [1.54, 1.807) is 14.2 Å². The second-order valence-electron chi connectivity index (χ2n) is 4.51. The maximum atomic E-state index is 5.29. The number of benzene rings is 2. The van der Waals surface area contributed by atoms with Crippen molar-refractivity contribution in [2.45, 2.75) is 13.5 Å². The Morgan fingerprint density at radius 1 is 1.00 bits per heavy atom. The lowest BCUT2D eigenvalue weighted by atomic mass is 10.1. The Balaban J connectivity index is 2.08. The molecule has 0 aromatic heterocycles. The number of methoxy groups -OCH3 is 2. The molecular weight excluding hydrogens is 318 g/mol. The molecule has 0 amide bonds. The van der Waals surface area contributed by atoms with Gasteiger partial charge >= 0.3 is 0 Å². The maximum absolute atomic E-state index is 5.29. The fourth-order valence-electron chi connectivity index (χ4n) is 1.97. The molecule has 0 saturated carbocycles. The predicted molar refractivity (Wildman–Crippen MR) is 85.8 cm³/mol. The molecule has 0 heterocycles. The van der Waals surface area contributed by atoms with Gasteiger partial charge in [0.25, 0.3) is 0 Å². The minimum atomic E-state index is 0.726. The molecule has 0 spiro atoms. The van der Waals surface area contributed by atoms with Gasteiger partial charge in [-0.25, -0.2) is 0 Å². The third-order valence-electron chi connectivity index (χ3n) is 3.10. The van der Waals surface area contributed by atoms with Gasteiger partial charge in [-0.3, -0.25) is 0 Å². The quantitative estimate of drug-likeness (QED) is 0.879. The van der Waals surface area contributed by atoms with Gasteiger partial charge < -0.3 is 14.8 Å². The van der Waals surface area contributed by atoms with Gasteiger partial charge in [0.1, 0.15) is 0 Å². The van der Waals surface area contributed by atoms with Crippen molar-refractivity contribution in [2.24, 2.45) is 0 Å². The molecule has 106 valence electrons. The third kappa shape index (κ3) is 3.45. The molecule has 2 rings (SSSR count). The van der Waals surface area contributed by atoms with Crippen LogP contribution in [0.2, 0.25) is 0 Å². The number of halogens is 1. The van der Waals surface area contributed by atoms with Crippen molar-refractivity contribution >= 4 is 21.6 Å². The van der Waals surface area contributed by atoms with E-state index >= 15 is 0 Å². The Kier molecular flexibility index (Phi) is 4.90. The molecule has 0 bridgehead atoms. The smallest absolute Gasteiger partial charge is 0.162 e. The average Bonchev–Trinajstić information content (AvgIpc) is 2.48. The van der Waals surface area contributed by atoms with Crippen LogP contribution in [0, 0.1) is 6.92 Å². The minimum Gasteiger partial charge on any atom is -0.493 e. The zero-order valence-electron chi connectivity index (χ0n) is 11.9. The highest BCUT2D eigenvalue weighted by atomic mass is 79.9. The number of ether oxygens (including phenoxy) is 2. The van der Waals surface area contributed by atoms with Crippen molar-refractivity contribution in [3.8, 4) is 11.5 Å². The molecule has 0 unspecified atom stereocenters. The summed E-state index contributed by atoms with van der Waals surface area (Å²) in [4.78, 5) is 0. The van der Waals surface area contributed by atoms with E-state index in [0.29, 0.717) is 0 Å². The average molecular weight is 336 g/mol. The van der Waals surface area contributed by atoms with Gasteiger partial charge in [-0.15, -0.1) is 0 Å². The second kappa shape index (κ2) is 6.66. The number of hydrogen-bond acceptors (Lipinski definition) is 3. The summed E-state index contributed by atoms with van der Waals surface area (Å²) < 4.78 is 11.6. The molecule has 2 aromatic rings. The van der Waals surface area contributed by atoms with Crippen LogP contribution in [-0.2, 0) is 6.54 Å². The zero-order valence-corrected chi connectivity index (χ0v) is 13.5. The van der Waals surface area contributed by atoms with Crippen LogP contribution in [0.5, 0.6) is 11.5 Å². The Morgan fingerprint density at radius 2 is 1.75 bits per heavy atom. The highest BCUT2D eigenvalue weighted by molar-refractivity contribution is 9.10. The molecule has 0 aliphatic heterocycles. The van der Waals surface area contributed by atoms with Gasteiger partial charge in [0.15, 0.2) is 11.5 Å². The fraction of sp³-hybridized carbons (Fsp3) is 0.250. The Bertz CT molecular complexity index is 599. The second-order valence-corrected chi connectivity index (χ2v) is 5.36. The zero-order chi connectivity index (χ0) is 14.5. The lowest BCUT2D eigenvalue weighted by molar-refractivity contribution is 0.355. The van der Waals surface area contributed by atoms with E-state index in [-0.39, 0.29) is 0 Å². The Morgan fingerprint density at radius 3 is 2.40 bits per heavy atom. The minimum absolute atomic E-state index is 0.726. The van der Waals surface area contributed by atoms with E-state index in [1.165, 1.54) is 11.1 Å². The molecule has 0 atom stereocenters. The molecule has 0 saturated heterocycles. The molecular formula is C16H18BrNO2. The molecule has 2 aromatic carbocycles. The van der Waals surface area contributed by atoms with Crippen molar-refractivity contribution in [3.63, 3.8) is 0 Å². The predicted octanol–water partition coefficient (Wildman–Crippen LogP) is 4.39. The molecule has 20 heavy (non-hydrogen) atoms. The van der Waals surface area contributed by atoms with Gasteiger partial charge in [0.2, 0.25) is 0 Å². The fourth-order valence-corrected chi connectivity index (χ4v) is 2.21. The Hall–Kier alpha value is -1.68. The lowest BCUT2D eigenvalue weighted by Crippen LogP contribution is -2.00. The van der Waals surface area contributed by atoms with E-state index in [2.05, 4.69) is 46.4 Å². The van der Waals surface area contributed by atoms with Crippen molar-refractivity contribution in [2.75, 3.05) is 19.5 Å². The highest BCUT2D eigenvalue weighted by Gasteiger charge is 2.04. The number of anilines is 1. The highest BCUT2D eigenvalue weighted by Crippen LogP contribution is 2.30. The summed E-state index contributed by atoms with van der Waals surface area (Å²) in [6.07, 6.45) is 0. The third-order valence-corrected chi connectivity index (χ3v) is 3.99. The maximum Gasteiger partial charge on any atom is 0.162 e. The van der Waals surface area contributed by atoms with Crippen LogP contribution in [0.1, 0.15) is 11.1 Å². The molecule has 0 fully saturated rings. The number of rotatable bonds is 5. The van der Waals surface area contributed by atoms with Crippen LogP contribution in [0.25, 0.3) is 0 Å². The standard InChI is InChI=1S/C16H18BrNO2/c1-11-8-12(4-6-14(11)17)10-18-13-5-7-15(19-2)16(9-13)20-3/h4-9,18H,10H2,1-3H3. The lowest BCUT2D eigenvalue weighted by Gasteiger charge is -2.12. The first-order valence-electron chi connectivity index (χ1n) is 6.35. The molecule has 0 aliphatic carbocycles. The number of nitrogens with one attached hydrogen (secondary N) is 1. The first-order chi connectivity index (χ1) is 9.63. The summed E-state index contributed by atoms with van der Waals surface area (Å²) in [5, 5.41) is 3.38. The van der Waals surface area contributed by atoms with Gasteiger partial charge in [-0.05, 0) is 36.2 Å². The Labute approximate surface area is 128 Å². The van der Waals surface area contributed by atoms with E-state index in [4.69, 9.17) is 9.47 Å². The van der Waals surface area contributed by atoms with Crippen LogP contribution >= 0.6 is 15.9 Å². The molecule has 0 aliphatic rings. The van der Waals surface area contributed by atoms with Crippen molar-refractivity contribution < 1.29 is 9.47 Å². The molecule has 3 nitrogen and oxygen atoms in total. The van der Waals surface area contributed by atoms with Crippen molar-refractivity contribution in [1.82, 2.24) is 0 Å². The summed E-state index contributed by atoms with van der Waals surface area (Å²) in [5.41, 5.74) is 3.47. The summed E-state index contributed by atoms with van der Waals surface area (Å²) >= 11 is 3.51. The van der Waals surface area contributed by atoms with Gasteiger partial charge in [-0.1, -0.05) is 28.1 Å². The van der Waals surface area contributed by atoms with E-state index in [9.17, 15) is 0 Å². The van der Waals surface area contributed by atoms with E-state index in [1.807, 2.05) is 18.2 Å². The summed E-state index contributed by atoms with van der Waals surface area (Å²) in [6, 6.07) is 12.1. The molecule has 1 N–H and O–H groups in total. The number of aryl methyl sites for hydroxylation is 1. The topological polar surface area (TPSA) is 30.5 Å². The summed E-state index contributed by atoms with van der Waals surface area (Å²) in [5.74, 6) is 1.46. The first kappa shape index (κ1) is 14.7. The summed E-state index contributed by atoms with van der Waals surface area (Å²) in [6.45, 7) is 2.85. The van der Waals surface area contributed by atoms with Crippen LogP contribution in [-0.4, -0.2) is 14.2 Å². The van der Waals surface area contributed by atoms with Crippen LogP contribution < -0.4 is 14.8 Å². The SMILES string of the molecule is COc1ccc(NCc2ccc(Br)c(C)c2)cc1OC. The first-order valence-corrected chi connectivity index (χ1v) is 7.14. The van der Waals surface area contributed by atoms with Crippen LogP contribution in [0.3, 0.4) is 0 Å². The number of hydrogen-bond donors (Lipinski definition) is 1. The van der Waals surface area contributed by atoms with Gasteiger partial charge in [0, 0.05) is 22.8 Å². The molecule has 4 heteroatoms. The van der Waals surface area contributed by atoms with E-state index < -0.39 is 0 Å². The largest absolute Gasteiger partial charge is 0.493 e. The monoisotopic (exact) mass is 335 g/mol. The van der Waals surface area contributed by atoms with Crippen molar-refractivity contribution in [3.05, 3.63) is 52.0 Å². The van der Waals surface area contributed by atoms with Gasteiger partial charge in [-0.2, -0.15) is 0 Å². The van der Waals surface area contributed by atoms with Crippen molar-refractivity contribution in [1.29, 1.82) is 0 Å². The summed E-state index contributed by atoms with van der Waals surface area (Å²) in [7, 11) is 3.27.